The second-order valence-corrected chi connectivity index (χ2v) is 7.65. The standard InChI is InChI=1S/C21H23N3O2/c1-21(2,3)15-8-10-16(11-9-15)26-13-12-23-17-6-4-5-7-18(17)24-14-19(25)22-20(23)24/h4-11H,12-14H2,1-3H3. The van der Waals surface area contributed by atoms with Gasteiger partial charge < -0.3 is 14.5 Å². The van der Waals surface area contributed by atoms with Crippen molar-refractivity contribution in [3.63, 3.8) is 0 Å². The first-order valence-electron chi connectivity index (χ1n) is 8.92. The van der Waals surface area contributed by atoms with Gasteiger partial charge in [0.05, 0.1) is 17.9 Å². The van der Waals surface area contributed by atoms with Gasteiger partial charge >= 0.3 is 0 Å². The van der Waals surface area contributed by atoms with E-state index >= 15 is 0 Å². The first-order chi connectivity index (χ1) is 12.4. The molecule has 5 heteroatoms. The molecule has 0 saturated carbocycles. The van der Waals surface area contributed by atoms with Crippen LogP contribution in [-0.2, 0) is 10.2 Å². The lowest BCUT2D eigenvalue weighted by molar-refractivity contribution is -0.115. The number of fused-ring (bicyclic) bond motifs is 3. The molecular weight excluding hydrogens is 326 g/mol. The number of rotatable bonds is 4. The van der Waals surface area contributed by atoms with Crippen LogP contribution < -0.4 is 14.5 Å². The molecule has 5 nitrogen and oxygen atoms in total. The summed E-state index contributed by atoms with van der Waals surface area (Å²) in [7, 11) is 0. The van der Waals surface area contributed by atoms with Crippen LogP contribution >= 0.6 is 0 Å². The summed E-state index contributed by atoms with van der Waals surface area (Å²) < 4.78 is 5.93. The van der Waals surface area contributed by atoms with Crippen molar-refractivity contribution in [1.82, 2.24) is 0 Å². The zero-order chi connectivity index (χ0) is 18.3. The molecule has 0 bridgehead atoms. The third kappa shape index (κ3) is 2.94. The number of guanidine groups is 1. The molecule has 0 spiro atoms. The van der Waals surface area contributed by atoms with Gasteiger partial charge in [-0.1, -0.05) is 45.0 Å². The SMILES string of the molecule is CC(C)(C)c1ccc(OCCN2C3=NC(=O)CN3c3ccccc32)cc1. The molecule has 0 unspecified atom stereocenters. The molecule has 2 heterocycles. The monoisotopic (exact) mass is 349 g/mol. The van der Waals surface area contributed by atoms with Gasteiger partial charge in [-0.05, 0) is 35.2 Å². The molecule has 1 amide bonds. The lowest BCUT2D eigenvalue weighted by Gasteiger charge is -2.20. The highest BCUT2D eigenvalue weighted by Crippen LogP contribution is 2.38. The quantitative estimate of drug-likeness (QED) is 0.846. The molecule has 2 aliphatic rings. The molecule has 0 aliphatic carbocycles. The van der Waals surface area contributed by atoms with Crippen LogP contribution in [-0.4, -0.2) is 31.6 Å². The van der Waals surface area contributed by atoms with E-state index < -0.39 is 0 Å². The van der Waals surface area contributed by atoms with E-state index in [1.807, 2.05) is 35.2 Å². The minimum absolute atomic E-state index is 0.0989. The lowest BCUT2D eigenvalue weighted by Crippen LogP contribution is -2.37. The Labute approximate surface area is 153 Å². The Bertz CT molecular complexity index is 866. The van der Waals surface area contributed by atoms with E-state index in [0.717, 1.165) is 17.1 Å². The van der Waals surface area contributed by atoms with Crippen LogP contribution in [0.1, 0.15) is 26.3 Å². The summed E-state index contributed by atoms with van der Waals surface area (Å²) >= 11 is 0. The topological polar surface area (TPSA) is 45.1 Å². The van der Waals surface area contributed by atoms with Gasteiger partial charge in [0.1, 0.15) is 18.9 Å². The highest BCUT2D eigenvalue weighted by molar-refractivity contribution is 6.24. The molecule has 2 aliphatic heterocycles. The van der Waals surface area contributed by atoms with Gasteiger partial charge in [-0.15, -0.1) is 0 Å². The summed E-state index contributed by atoms with van der Waals surface area (Å²) in [5.74, 6) is 1.47. The summed E-state index contributed by atoms with van der Waals surface area (Å²) in [5.41, 5.74) is 3.53. The number of benzene rings is 2. The van der Waals surface area contributed by atoms with Gasteiger partial charge in [0, 0.05) is 0 Å². The molecule has 0 saturated heterocycles. The van der Waals surface area contributed by atoms with Crippen LogP contribution in [0.5, 0.6) is 5.75 Å². The maximum atomic E-state index is 11.7. The fraction of sp³-hybridized carbons (Fsp3) is 0.333. The summed E-state index contributed by atoms with van der Waals surface area (Å²) in [5, 5.41) is 0. The van der Waals surface area contributed by atoms with Crippen molar-refractivity contribution >= 4 is 23.2 Å². The first kappa shape index (κ1) is 16.6. The Morgan fingerprint density at radius 1 is 1.04 bits per heavy atom. The second-order valence-electron chi connectivity index (χ2n) is 7.65. The molecule has 0 fully saturated rings. The number of ether oxygens (including phenoxy) is 1. The highest BCUT2D eigenvalue weighted by atomic mass is 16.5. The number of carbonyl (C=O) groups excluding carboxylic acids is 1. The average Bonchev–Trinajstić information content (AvgIpc) is 3.11. The minimum atomic E-state index is -0.0989. The Balaban J connectivity index is 1.45. The third-order valence-corrected chi connectivity index (χ3v) is 4.77. The molecule has 134 valence electrons. The zero-order valence-corrected chi connectivity index (χ0v) is 15.4. The number of carbonyl (C=O) groups is 1. The summed E-state index contributed by atoms with van der Waals surface area (Å²) in [6, 6.07) is 16.3. The number of para-hydroxylation sites is 2. The molecular formula is C21H23N3O2. The smallest absolute Gasteiger partial charge is 0.268 e. The Morgan fingerprint density at radius 2 is 1.73 bits per heavy atom. The number of hydrogen-bond acceptors (Lipinski definition) is 4. The predicted octanol–water partition coefficient (Wildman–Crippen LogP) is 3.59. The number of aliphatic imine (C=N–C) groups is 1. The van der Waals surface area contributed by atoms with Crippen LogP contribution in [0.2, 0.25) is 0 Å². The summed E-state index contributed by atoms with van der Waals surface area (Å²) in [6.07, 6.45) is 0. The fourth-order valence-corrected chi connectivity index (χ4v) is 3.37. The van der Waals surface area contributed by atoms with Crippen LogP contribution in [0.15, 0.2) is 53.5 Å². The number of amides is 1. The van der Waals surface area contributed by atoms with Gasteiger partial charge in [-0.3, -0.25) is 4.79 Å². The molecule has 0 radical (unpaired) electrons. The molecule has 0 atom stereocenters. The van der Waals surface area contributed by atoms with Crippen molar-refractivity contribution in [2.75, 3.05) is 29.5 Å². The van der Waals surface area contributed by atoms with E-state index in [1.165, 1.54) is 5.56 Å². The molecule has 0 aromatic heterocycles. The maximum absolute atomic E-state index is 11.7. The molecule has 26 heavy (non-hydrogen) atoms. The number of hydrogen-bond donors (Lipinski definition) is 0. The van der Waals surface area contributed by atoms with Gasteiger partial charge in [0.15, 0.2) is 0 Å². The molecule has 2 aromatic rings. The predicted molar refractivity (Wildman–Crippen MR) is 104 cm³/mol. The van der Waals surface area contributed by atoms with Gasteiger partial charge in [-0.2, -0.15) is 4.99 Å². The first-order valence-corrected chi connectivity index (χ1v) is 8.92. The Morgan fingerprint density at radius 3 is 2.42 bits per heavy atom. The van der Waals surface area contributed by atoms with Crippen LogP contribution in [0.25, 0.3) is 0 Å². The van der Waals surface area contributed by atoms with E-state index in [0.29, 0.717) is 25.7 Å². The Hall–Kier alpha value is -2.82. The minimum Gasteiger partial charge on any atom is -0.492 e. The normalized spacial score (nSPS) is 15.8. The van der Waals surface area contributed by atoms with E-state index in [-0.39, 0.29) is 11.3 Å². The Kier molecular flexibility index (Phi) is 3.94. The van der Waals surface area contributed by atoms with E-state index in [2.05, 4.69) is 48.9 Å². The van der Waals surface area contributed by atoms with Crippen molar-refractivity contribution in [3.8, 4) is 5.75 Å². The summed E-state index contributed by atoms with van der Waals surface area (Å²) in [4.78, 5) is 19.9. The number of anilines is 2. The van der Waals surface area contributed by atoms with Crippen molar-refractivity contribution in [2.24, 2.45) is 4.99 Å². The van der Waals surface area contributed by atoms with E-state index in [9.17, 15) is 4.79 Å². The van der Waals surface area contributed by atoms with Gasteiger partial charge in [0.25, 0.3) is 5.91 Å². The largest absolute Gasteiger partial charge is 0.492 e. The highest BCUT2D eigenvalue weighted by Gasteiger charge is 2.37. The average molecular weight is 349 g/mol. The lowest BCUT2D eigenvalue weighted by atomic mass is 9.87. The zero-order valence-electron chi connectivity index (χ0n) is 15.4. The maximum Gasteiger partial charge on any atom is 0.268 e. The van der Waals surface area contributed by atoms with Crippen LogP contribution in [0.3, 0.4) is 0 Å². The molecule has 0 N–H and O–H groups in total. The fourth-order valence-electron chi connectivity index (χ4n) is 3.37. The van der Waals surface area contributed by atoms with Gasteiger partial charge in [-0.25, -0.2) is 0 Å². The van der Waals surface area contributed by atoms with Crippen LogP contribution in [0, 0.1) is 0 Å². The van der Waals surface area contributed by atoms with Gasteiger partial charge in [0.2, 0.25) is 5.96 Å². The van der Waals surface area contributed by atoms with Crippen LogP contribution in [0.4, 0.5) is 11.4 Å². The van der Waals surface area contributed by atoms with E-state index in [4.69, 9.17) is 4.74 Å². The van der Waals surface area contributed by atoms with Crippen molar-refractivity contribution in [2.45, 2.75) is 26.2 Å². The molecule has 2 aromatic carbocycles. The third-order valence-electron chi connectivity index (χ3n) is 4.77. The van der Waals surface area contributed by atoms with Crippen molar-refractivity contribution in [3.05, 3.63) is 54.1 Å². The van der Waals surface area contributed by atoms with E-state index in [1.54, 1.807) is 0 Å². The summed E-state index contributed by atoms with van der Waals surface area (Å²) in [6.45, 7) is 8.07. The number of nitrogens with zero attached hydrogens (tertiary/aromatic N) is 3. The second kappa shape index (κ2) is 6.16. The molecule has 4 rings (SSSR count). The van der Waals surface area contributed by atoms with Crippen molar-refractivity contribution < 1.29 is 9.53 Å². The van der Waals surface area contributed by atoms with Crippen molar-refractivity contribution in [1.29, 1.82) is 0 Å².